The minimum Gasteiger partial charge on any atom is -0.393 e. The summed E-state index contributed by atoms with van der Waals surface area (Å²) in [6, 6.07) is 2.09. The van der Waals surface area contributed by atoms with Crippen molar-refractivity contribution in [3.05, 3.63) is 24.2 Å². The molecule has 2 aromatic heterocycles. The first-order valence-corrected chi connectivity index (χ1v) is 7.15. The summed E-state index contributed by atoms with van der Waals surface area (Å²) in [5, 5.41) is 4.57. The molecule has 0 aliphatic rings. The summed E-state index contributed by atoms with van der Waals surface area (Å²) in [5.41, 5.74) is 7.76. The Morgan fingerprint density at radius 1 is 1.45 bits per heavy atom. The number of fused-ring (bicyclic) bond motifs is 1. The van der Waals surface area contributed by atoms with Crippen LogP contribution in [0.3, 0.4) is 0 Å². The van der Waals surface area contributed by atoms with Crippen LogP contribution in [0.15, 0.2) is 18.5 Å². The van der Waals surface area contributed by atoms with Gasteiger partial charge in [0.05, 0.1) is 10.7 Å². The SMILES string of the molecule is CC(CN(C)c1nccn2nc(C(C)C)cc12)C(N)=S. The minimum absolute atomic E-state index is 0.143. The van der Waals surface area contributed by atoms with E-state index in [1.807, 2.05) is 24.7 Å². The molecule has 108 valence electrons. The van der Waals surface area contributed by atoms with Crippen molar-refractivity contribution in [1.82, 2.24) is 14.6 Å². The molecule has 0 saturated carbocycles. The van der Waals surface area contributed by atoms with Gasteiger partial charge >= 0.3 is 0 Å². The largest absolute Gasteiger partial charge is 0.393 e. The molecule has 0 aliphatic carbocycles. The molecule has 20 heavy (non-hydrogen) atoms. The van der Waals surface area contributed by atoms with E-state index in [9.17, 15) is 0 Å². The van der Waals surface area contributed by atoms with Gasteiger partial charge in [-0.05, 0) is 12.0 Å². The zero-order valence-electron chi connectivity index (χ0n) is 12.4. The van der Waals surface area contributed by atoms with Gasteiger partial charge in [0.25, 0.3) is 0 Å². The summed E-state index contributed by atoms with van der Waals surface area (Å²) in [6.07, 6.45) is 3.64. The van der Waals surface area contributed by atoms with Crippen molar-refractivity contribution in [1.29, 1.82) is 0 Å². The van der Waals surface area contributed by atoms with Gasteiger partial charge in [-0.1, -0.05) is 33.0 Å². The highest BCUT2D eigenvalue weighted by atomic mass is 32.1. The van der Waals surface area contributed by atoms with Crippen LogP contribution in [0.25, 0.3) is 5.52 Å². The fourth-order valence-corrected chi connectivity index (χ4v) is 2.17. The van der Waals surface area contributed by atoms with Crippen molar-refractivity contribution >= 4 is 28.5 Å². The maximum atomic E-state index is 5.69. The Morgan fingerprint density at radius 3 is 2.75 bits per heavy atom. The lowest BCUT2D eigenvalue weighted by molar-refractivity contribution is 0.733. The number of thiocarbonyl (C=S) groups is 1. The number of hydrogen-bond acceptors (Lipinski definition) is 4. The van der Waals surface area contributed by atoms with Gasteiger partial charge in [0, 0.05) is 31.9 Å². The summed E-state index contributed by atoms with van der Waals surface area (Å²) in [7, 11) is 2.00. The Balaban J connectivity index is 2.36. The normalized spacial score (nSPS) is 12.8. The molecule has 6 heteroatoms. The van der Waals surface area contributed by atoms with Crippen LogP contribution < -0.4 is 10.6 Å². The number of nitrogens with zero attached hydrogens (tertiary/aromatic N) is 4. The molecule has 0 saturated heterocycles. The van der Waals surface area contributed by atoms with E-state index in [1.165, 1.54) is 0 Å². The molecule has 0 amide bonds. The Morgan fingerprint density at radius 2 is 2.15 bits per heavy atom. The van der Waals surface area contributed by atoms with E-state index in [1.54, 1.807) is 6.20 Å². The molecule has 1 unspecified atom stereocenters. The Bertz CT molecular complexity index is 619. The maximum Gasteiger partial charge on any atom is 0.154 e. The van der Waals surface area contributed by atoms with Gasteiger partial charge in [-0.25, -0.2) is 9.50 Å². The molecule has 0 spiro atoms. The van der Waals surface area contributed by atoms with E-state index in [0.29, 0.717) is 10.9 Å². The summed E-state index contributed by atoms with van der Waals surface area (Å²) in [4.78, 5) is 7.08. The third kappa shape index (κ3) is 2.90. The minimum atomic E-state index is 0.143. The quantitative estimate of drug-likeness (QED) is 0.856. The van der Waals surface area contributed by atoms with E-state index in [4.69, 9.17) is 18.0 Å². The molecule has 2 heterocycles. The van der Waals surface area contributed by atoms with Crippen LogP contribution in [-0.4, -0.2) is 33.2 Å². The molecule has 0 aromatic carbocycles. The topological polar surface area (TPSA) is 59.5 Å². The first kappa shape index (κ1) is 14.7. The maximum absolute atomic E-state index is 5.69. The van der Waals surface area contributed by atoms with Crippen LogP contribution >= 0.6 is 12.2 Å². The van der Waals surface area contributed by atoms with E-state index < -0.39 is 0 Å². The molecule has 2 aromatic rings. The average Bonchev–Trinajstić information content (AvgIpc) is 2.82. The molecule has 0 bridgehead atoms. The first-order valence-electron chi connectivity index (χ1n) is 6.75. The fourth-order valence-electron chi connectivity index (χ4n) is 2.09. The second-order valence-electron chi connectivity index (χ2n) is 5.49. The van der Waals surface area contributed by atoms with Crippen molar-refractivity contribution in [3.8, 4) is 0 Å². The lowest BCUT2D eigenvalue weighted by atomic mass is 10.1. The highest BCUT2D eigenvalue weighted by Crippen LogP contribution is 2.22. The molecule has 0 aliphatic heterocycles. The standard InChI is InChI=1S/C14H21N5S/c1-9(2)11-7-12-14(16-5-6-19(12)17-11)18(4)8-10(3)13(15)20/h5-7,9-10H,8H2,1-4H3,(H2,15,20). The summed E-state index contributed by atoms with van der Waals surface area (Å²) in [5.74, 6) is 1.43. The summed E-state index contributed by atoms with van der Waals surface area (Å²) in [6.45, 7) is 7.03. The monoisotopic (exact) mass is 291 g/mol. The Labute approximate surface area is 124 Å². The zero-order valence-corrected chi connectivity index (χ0v) is 13.2. The third-order valence-corrected chi connectivity index (χ3v) is 3.78. The van der Waals surface area contributed by atoms with Gasteiger partial charge < -0.3 is 10.6 Å². The first-order chi connectivity index (χ1) is 9.40. The molecule has 1 atom stereocenters. The van der Waals surface area contributed by atoms with Crippen molar-refractivity contribution in [2.24, 2.45) is 11.7 Å². The van der Waals surface area contributed by atoms with Gasteiger partial charge in [-0.3, -0.25) is 0 Å². The van der Waals surface area contributed by atoms with Crippen LogP contribution in [0.5, 0.6) is 0 Å². The fraction of sp³-hybridized carbons (Fsp3) is 0.500. The van der Waals surface area contributed by atoms with Gasteiger partial charge in [-0.15, -0.1) is 0 Å². The number of nitrogens with two attached hydrogens (primary N) is 1. The van der Waals surface area contributed by atoms with E-state index >= 15 is 0 Å². The van der Waals surface area contributed by atoms with Crippen molar-refractivity contribution in [3.63, 3.8) is 0 Å². The van der Waals surface area contributed by atoms with Gasteiger partial charge in [-0.2, -0.15) is 5.10 Å². The summed E-state index contributed by atoms with van der Waals surface area (Å²) < 4.78 is 1.87. The lowest BCUT2D eigenvalue weighted by Crippen LogP contribution is -2.32. The number of hydrogen-bond donors (Lipinski definition) is 1. The van der Waals surface area contributed by atoms with Crippen molar-refractivity contribution < 1.29 is 0 Å². The van der Waals surface area contributed by atoms with Crippen LogP contribution in [0.2, 0.25) is 0 Å². The number of anilines is 1. The van der Waals surface area contributed by atoms with Crippen LogP contribution in [0, 0.1) is 5.92 Å². The molecular weight excluding hydrogens is 270 g/mol. The van der Waals surface area contributed by atoms with E-state index in [-0.39, 0.29) is 5.92 Å². The van der Waals surface area contributed by atoms with Gasteiger partial charge in [0.15, 0.2) is 5.82 Å². The number of rotatable bonds is 5. The van der Waals surface area contributed by atoms with Crippen LogP contribution in [-0.2, 0) is 0 Å². The zero-order chi connectivity index (χ0) is 14.9. The average molecular weight is 291 g/mol. The lowest BCUT2D eigenvalue weighted by Gasteiger charge is -2.22. The van der Waals surface area contributed by atoms with E-state index in [0.717, 1.165) is 23.6 Å². The van der Waals surface area contributed by atoms with Crippen molar-refractivity contribution in [2.45, 2.75) is 26.7 Å². The van der Waals surface area contributed by atoms with Crippen molar-refractivity contribution in [2.75, 3.05) is 18.5 Å². The molecule has 2 rings (SSSR count). The predicted octanol–water partition coefficient (Wildman–Crippen LogP) is 2.21. The highest BCUT2D eigenvalue weighted by Gasteiger charge is 2.15. The number of aromatic nitrogens is 3. The molecule has 0 fully saturated rings. The predicted molar refractivity (Wildman–Crippen MR) is 86.3 cm³/mol. The molecule has 2 N–H and O–H groups in total. The molecule has 5 nitrogen and oxygen atoms in total. The smallest absolute Gasteiger partial charge is 0.154 e. The summed E-state index contributed by atoms with van der Waals surface area (Å²) >= 11 is 5.03. The van der Waals surface area contributed by atoms with E-state index in [2.05, 4.69) is 34.9 Å². The van der Waals surface area contributed by atoms with Crippen LogP contribution in [0.4, 0.5) is 5.82 Å². The molecule has 0 radical (unpaired) electrons. The highest BCUT2D eigenvalue weighted by molar-refractivity contribution is 7.80. The van der Waals surface area contributed by atoms with Crippen LogP contribution in [0.1, 0.15) is 32.4 Å². The van der Waals surface area contributed by atoms with Gasteiger partial charge in [0.1, 0.15) is 5.52 Å². The molecular formula is C14H21N5S. The van der Waals surface area contributed by atoms with Gasteiger partial charge in [0.2, 0.25) is 0 Å². The third-order valence-electron chi connectivity index (χ3n) is 3.37. The second kappa shape index (κ2) is 5.75. The Hall–Kier alpha value is -1.69. The second-order valence-corrected chi connectivity index (χ2v) is 5.96. The Kier molecular flexibility index (Phi) is 4.23.